The van der Waals surface area contributed by atoms with Gasteiger partial charge in [-0.1, -0.05) is 48.5 Å². The van der Waals surface area contributed by atoms with E-state index in [-0.39, 0.29) is 11.9 Å². The highest BCUT2D eigenvalue weighted by molar-refractivity contribution is 7.99. The zero-order valence-electron chi connectivity index (χ0n) is 14.9. The van der Waals surface area contributed by atoms with Crippen molar-refractivity contribution in [2.24, 2.45) is 0 Å². The number of para-hydroxylation sites is 1. The van der Waals surface area contributed by atoms with E-state index in [9.17, 15) is 4.79 Å². The molecule has 4 heteroatoms. The molecule has 1 unspecified atom stereocenters. The molecule has 0 fully saturated rings. The first-order valence-electron chi connectivity index (χ1n) is 9.09. The smallest absolute Gasteiger partial charge is 0.251 e. The predicted octanol–water partition coefficient (Wildman–Crippen LogP) is 5.23. The van der Waals surface area contributed by atoms with Gasteiger partial charge in [0.15, 0.2) is 0 Å². The zero-order valence-corrected chi connectivity index (χ0v) is 15.7. The molecule has 136 valence electrons. The van der Waals surface area contributed by atoms with Gasteiger partial charge in [0.2, 0.25) is 0 Å². The van der Waals surface area contributed by atoms with E-state index in [4.69, 9.17) is 4.74 Å². The normalized spacial score (nSPS) is 15.6. The minimum absolute atomic E-state index is 0.0303. The molecule has 0 saturated carbocycles. The maximum Gasteiger partial charge on any atom is 0.251 e. The van der Waals surface area contributed by atoms with Gasteiger partial charge in [0.25, 0.3) is 5.91 Å². The summed E-state index contributed by atoms with van der Waals surface area (Å²) < 4.78 is 5.75. The van der Waals surface area contributed by atoms with Gasteiger partial charge in [-0.15, -0.1) is 11.8 Å². The van der Waals surface area contributed by atoms with Crippen molar-refractivity contribution < 1.29 is 9.53 Å². The molecular formula is C23H21NO2S. The average molecular weight is 375 g/mol. The fourth-order valence-electron chi connectivity index (χ4n) is 3.17. The van der Waals surface area contributed by atoms with Crippen LogP contribution in [0, 0.1) is 0 Å². The second-order valence-corrected chi connectivity index (χ2v) is 7.64. The summed E-state index contributed by atoms with van der Waals surface area (Å²) in [4.78, 5) is 13.9. The van der Waals surface area contributed by atoms with Gasteiger partial charge in [-0.05, 0) is 47.9 Å². The van der Waals surface area contributed by atoms with Gasteiger partial charge in [-0.2, -0.15) is 0 Å². The average Bonchev–Trinajstić information content (AvgIpc) is 2.74. The maximum atomic E-state index is 12.7. The van der Waals surface area contributed by atoms with E-state index in [1.165, 1.54) is 10.5 Å². The third-order valence-corrected chi connectivity index (χ3v) is 5.75. The molecule has 3 nitrogen and oxygen atoms in total. The predicted molar refractivity (Wildman–Crippen MR) is 109 cm³/mol. The summed E-state index contributed by atoms with van der Waals surface area (Å²) in [6.07, 6.45) is 0.955. The Hall–Kier alpha value is -2.72. The number of hydrogen-bond acceptors (Lipinski definition) is 3. The van der Waals surface area contributed by atoms with Crippen molar-refractivity contribution in [3.8, 4) is 5.75 Å². The van der Waals surface area contributed by atoms with Gasteiger partial charge < -0.3 is 10.1 Å². The first kappa shape index (κ1) is 17.7. The molecule has 1 amide bonds. The fourth-order valence-corrected chi connectivity index (χ4v) is 4.29. The monoisotopic (exact) mass is 375 g/mol. The molecule has 0 bridgehead atoms. The number of rotatable bonds is 5. The first-order valence-corrected chi connectivity index (χ1v) is 10.1. The molecule has 1 aliphatic rings. The van der Waals surface area contributed by atoms with Crippen LogP contribution in [0.5, 0.6) is 5.75 Å². The SMILES string of the molecule is O=C(NC1CCSc2ccccc21)c1ccc(COc2ccccc2)cc1. The summed E-state index contributed by atoms with van der Waals surface area (Å²) in [6, 6.07) is 25.7. The number of ether oxygens (including phenoxy) is 1. The molecule has 1 heterocycles. The summed E-state index contributed by atoms with van der Waals surface area (Å²) in [5.74, 6) is 1.84. The van der Waals surface area contributed by atoms with Crippen LogP contribution in [0.4, 0.5) is 0 Å². The highest BCUT2D eigenvalue weighted by atomic mass is 32.2. The number of thioether (sulfide) groups is 1. The largest absolute Gasteiger partial charge is 0.489 e. The Balaban J connectivity index is 1.38. The molecule has 3 aromatic carbocycles. The lowest BCUT2D eigenvalue weighted by Crippen LogP contribution is -2.30. The summed E-state index contributed by atoms with van der Waals surface area (Å²) in [6.45, 7) is 0.485. The van der Waals surface area contributed by atoms with Crippen LogP contribution in [-0.4, -0.2) is 11.7 Å². The standard InChI is InChI=1S/C23H21NO2S/c25-23(24-21-14-15-27-22-9-5-4-8-20(21)22)18-12-10-17(11-13-18)16-26-19-6-2-1-3-7-19/h1-13,21H,14-16H2,(H,24,25). The number of nitrogens with one attached hydrogen (secondary N) is 1. The molecule has 0 aromatic heterocycles. The Kier molecular flexibility index (Phi) is 5.45. The van der Waals surface area contributed by atoms with E-state index in [0.717, 1.165) is 23.5 Å². The van der Waals surface area contributed by atoms with Crippen LogP contribution in [0.15, 0.2) is 83.8 Å². The minimum atomic E-state index is -0.0303. The van der Waals surface area contributed by atoms with Crippen molar-refractivity contribution in [3.63, 3.8) is 0 Å². The van der Waals surface area contributed by atoms with Gasteiger partial charge >= 0.3 is 0 Å². The molecule has 27 heavy (non-hydrogen) atoms. The van der Waals surface area contributed by atoms with Gasteiger partial charge in [-0.25, -0.2) is 0 Å². The number of fused-ring (bicyclic) bond motifs is 1. The Morgan fingerprint density at radius 1 is 0.963 bits per heavy atom. The molecule has 1 atom stereocenters. The van der Waals surface area contributed by atoms with Gasteiger partial charge in [0.05, 0.1) is 6.04 Å². The van der Waals surface area contributed by atoms with Crippen LogP contribution in [0.3, 0.4) is 0 Å². The van der Waals surface area contributed by atoms with Crippen molar-refractivity contribution in [2.75, 3.05) is 5.75 Å². The molecular weight excluding hydrogens is 354 g/mol. The molecule has 0 aliphatic carbocycles. The van der Waals surface area contributed by atoms with E-state index in [1.54, 1.807) is 0 Å². The van der Waals surface area contributed by atoms with Gasteiger partial charge in [0.1, 0.15) is 12.4 Å². The topological polar surface area (TPSA) is 38.3 Å². The van der Waals surface area contributed by atoms with Crippen LogP contribution in [0.2, 0.25) is 0 Å². The Labute approximate surface area is 163 Å². The fraction of sp³-hybridized carbons (Fsp3) is 0.174. The molecule has 0 radical (unpaired) electrons. The van der Waals surface area contributed by atoms with E-state index in [1.807, 2.05) is 78.5 Å². The van der Waals surface area contributed by atoms with Crippen molar-refractivity contribution in [3.05, 3.63) is 95.6 Å². The first-order chi connectivity index (χ1) is 13.3. The number of carbonyl (C=O) groups excluding carboxylic acids is 1. The van der Waals surface area contributed by atoms with Gasteiger partial charge in [0, 0.05) is 16.2 Å². The summed E-state index contributed by atoms with van der Waals surface area (Å²) in [5.41, 5.74) is 2.93. The quantitative estimate of drug-likeness (QED) is 0.663. The highest BCUT2D eigenvalue weighted by Gasteiger charge is 2.22. The third kappa shape index (κ3) is 4.34. The molecule has 4 rings (SSSR count). The molecule has 3 aromatic rings. The van der Waals surface area contributed by atoms with Crippen LogP contribution in [-0.2, 0) is 6.61 Å². The van der Waals surface area contributed by atoms with Crippen molar-refractivity contribution >= 4 is 17.7 Å². The molecule has 1 aliphatic heterocycles. The second kappa shape index (κ2) is 8.31. The lowest BCUT2D eigenvalue weighted by atomic mass is 10.0. The highest BCUT2D eigenvalue weighted by Crippen LogP contribution is 2.35. The molecule has 1 N–H and O–H groups in total. The maximum absolute atomic E-state index is 12.7. The van der Waals surface area contributed by atoms with Crippen LogP contribution in [0.25, 0.3) is 0 Å². The number of benzene rings is 3. The Bertz CT molecular complexity index is 909. The Morgan fingerprint density at radius 3 is 2.52 bits per heavy atom. The summed E-state index contributed by atoms with van der Waals surface area (Å²) in [5, 5.41) is 3.19. The molecule has 0 spiro atoms. The van der Waals surface area contributed by atoms with Crippen LogP contribution in [0.1, 0.15) is 33.9 Å². The minimum Gasteiger partial charge on any atom is -0.489 e. The number of carbonyl (C=O) groups is 1. The number of hydrogen-bond donors (Lipinski definition) is 1. The van der Waals surface area contributed by atoms with Crippen molar-refractivity contribution in [1.29, 1.82) is 0 Å². The van der Waals surface area contributed by atoms with E-state index >= 15 is 0 Å². The van der Waals surface area contributed by atoms with E-state index in [2.05, 4.69) is 17.4 Å². The van der Waals surface area contributed by atoms with Crippen molar-refractivity contribution in [2.45, 2.75) is 24.0 Å². The number of amides is 1. The van der Waals surface area contributed by atoms with Crippen LogP contribution >= 0.6 is 11.8 Å². The van der Waals surface area contributed by atoms with E-state index < -0.39 is 0 Å². The lowest BCUT2D eigenvalue weighted by molar-refractivity contribution is 0.0935. The lowest BCUT2D eigenvalue weighted by Gasteiger charge is -2.25. The molecule has 0 saturated heterocycles. The van der Waals surface area contributed by atoms with E-state index in [0.29, 0.717) is 12.2 Å². The Morgan fingerprint density at radius 2 is 1.70 bits per heavy atom. The zero-order chi connectivity index (χ0) is 18.5. The summed E-state index contributed by atoms with van der Waals surface area (Å²) in [7, 11) is 0. The third-order valence-electron chi connectivity index (χ3n) is 4.63. The summed E-state index contributed by atoms with van der Waals surface area (Å²) >= 11 is 1.86. The second-order valence-electron chi connectivity index (χ2n) is 6.50. The van der Waals surface area contributed by atoms with Gasteiger partial charge in [-0.3, -0.25) is 4.79 Å². The van der Waals surface area contributed by atoms with Crippen molar-refractivity contribution in [1.82, 2.24) is 5.32 Å². The van der Waals surface area contributed by atoms with Crippen LogP contribution < -0.4 is 10.1 Å².